The van der Waals surface area contributed by atoms with Crippen LogP contribution in [0.3, 0.4) is 0 Å². The van der Waals surface area contributed by atoms with E-state index in [1.165, 1.54) is 18.2 Å². The zero-order valence-electron chi connectivity index (χ0n) is 14.2. The summed E-state index contributed by atoms with van der Waals surface area (Å²) >= 11 is 1.27. The maximum atomic E-state index is 12.8. The van der Waals surface area contributed by atoms with Crippen LogP contribution in [0, 0.1) is 0 Å². The highest BCUT2D eigenvalue weighted by Crippen LogP contribution is 2.35. The summed E-state index contributed by atoms with van der Waals surface area (Å²) in [4.78, 5) is 30.2. The lowest BCUT2D eigenvalue weighted by Gasteiger charge is -2.21. The zero-order chi connectivity index (χ0) is 17.8. The summed E-state index contributed by atoms with van der Waals surface area (Å²) in [5.41, 5.74) is 0.695. The summed E-state index contributed by atoms with van der Waals surface area (Å²) in [6, 6.07) is 7.40. The Bertz CT molecular complexity index is 668. The number of thioether (sulfide) groups is 1. The summed E-state index contributed by atoms with van der Waals surface area (Å²) < 4.78 is 5.16. The lowest BCUT2D eigenvalue weighted by atomic mass is 9.96. The fourth-order valence-corrected chi connectivity index (χ4v) is 4.38. The molecule has 1 aliphatic heterocycles. The Morgan fingerprint density at radius 3 is 2.56 bits per heavy atom. The van der Waals surface area contributed by atoms with Gasteiger partial charge in [-0.15, -0.1) is 0 Å². The maximum absolute atomic E-state index is 12.8. The highest BCUT2D eigenvalue weighted by atomic mass is 32.2. The van der Waals surface area contributed by atoms with Crippen molar-refractivity contribution in [2.75, 3.05) is 12.0 Å². The van der Waals surface area contributed by atoms with Crippen molar-refractivity contribution in [3.05, 3.63) is 24.3 Å². The smallest absolute Gasteiger partial charge is 0.305 e. The molecule has 1 amide bonds. The predicted octanol–water partition coefficient (Wildman–Crippen LogP) is 3.31. The van der Waals surface area contributed by atoms with Gasteiger partial charge in [-0.25, -0.2) is 0 Å². The van der Waals surface area contributed by atoms with Crippen LogP contribution in [-0.2, 0) is 9.59 Å². The molecule has 3 rings (SSSR count). The fourth-order valence-electron chi connectivity index (χ4n) is 3.18. The Morgan fingerprint density at radius 2 is 1.96 bits per heavy atom. The predicted molar refractivity (Wildman–Crippen MR) is 98.4 cm³/mol. The third-order valence-electron chi connectivity index (χ3n) is 4.49. The average molecular weight is 362 g/mol. The van der Waals surface area contributed by atoms with E-state index in [0.717, 1.165) is 25.7 Å². The molecule has 1 saturated carbocycles. The Hall–Kier alpha value is -2.02. The molecule has 1 aliphatic carbocycles. The number of carboxylic acids is 1. The Morgan fingerprint density at radius 1 is 1.28 bits per heavy atom. The van der Waals surface area contributed by atoms with E-state index >= 15 is 0 Å². The van der Waals surface area contributed by atoms with Gasteiger partial charge in [0.15, 0.2) is 5.17 Å². The molecule has 6 nitrogen and oxygen atoms in total. The molecule has 25 heavy (non-hydrogen) atoms. The molecule has 1 saturated heterocycles. The number of amides is 1. The van der Waals surface area contributed by atoms with Gasteiger partial charge in [-0.2, -0.15) is 0 Å². The molecule has 1 aromatic rings. The van der Waals surface area contributed by atoms with Gasteiger partial charge in [-0.1, -0.05) is 31.0 Å². The number of amidine groups is 1. The first-order valence-corrected chi connectivity index (χ1v) is 9.40. The van der Waals surface area contributed by atoms with Crippen LogP contribution in [0.1, 0.15) is 38.5 Å². The number of hydrogen-bond acceptors (Lipinski definition) is 5. The van der Waals surface area contributed by atoms with Crippen LogP contribution in [-0.4, -0.2) is 40.6 Å². The van der Waals surface area contributed by atoms with Crippen LogP contribution in [0.2, 0.25) is 0 Å². The van der Waals surface area contributed by atoms with Crippen molar-refractivity contribution >= 4 is 34.5 Å². The highest BCUT2D eigenvalue weighted by molar-refractivity contribution is 8.16. The number of rotatable bonds is 5. The van der Waals surface area contributed by atoms with E-state index in [0.29, 0.717) is 16.6 Å². The first-order chi connectivity index (χ1) is 12.1. The number of nitrogens with zero attached hydrogens (tertiary/aromatic N) is 2. The molecule has 1 atom stereocenters. The van der Waals surface area contributed by atoms with Gasteiger partial charge in [-0.3, -0.25) is 19.5 Å². The maximum Gasteiger partial charge on any atom is 0.305 e. The molecule has 2 fully saturated rings. The van der Waals surface area contributed by atoms with Gasteiger partial charge >= 0.3 is 5.97 Å². The van der Waals surface area contributed by atoms with Crippen molar-refractivity contribution in [3.63, 3.8) is 0 Å². The number of aliphatic carboxylic acids is 1. The van der Waals surface area contributed by atoms with Crippen molar-refractivity contribution < 1.29 is 19.4 Å². The SMILES string of the molecule is COc1ccc(N2C(=O)[C@H](CC(=O)O)SC2=NC2CCCCC2)cc1. The molecular weight excluding hydrogens is 340 g/mol. The lowest BCUT2D eigenvalue weighted by molar-refractivity contribution is -0.138. The fraction of sp³-hybridized carbons (Fsp3) is 0.500. The normalized spacial score (nSPS) is 23.2. The van der Waals surface area contributed by atoms with Crippen LogP contribution in [0.5, 0.6) is 5.75 Å². The number of hydrogen-bond donors (Lipinski definition) is 1. The number of carbonyl (C=O) groups is 2. The molecule has 0 unspecified atom stereocenters. The molecule has 2 aliphatic rings. The molecule has 0 spiro atoms. The van der Waals surface area contributed by atoms with E-state index in [2.05, 4.69) is 0 Å². The monoisotopic (exact) mass is 362 g/mol. The number of anilines is 1. The van der Waals surface area contributed by atoms with E-state index in [1.54, 1.807) is 36.3 Å². The minimum absolute atomic E-state index is 0.195. The average Bonchev–Trinajstić information content (AvgIpc) is 2.90. The quantitative estimate of drug-likeness (QED) is 0.869. The van der Waals surface area contributed by atoms with Gasteiger partial charge in [0.2, 0.25) is 5.91 Å². The second-order valence-electron chi connectivity index (χ2n) is 6.28. The van der Waals surface area contributed by atoms with Crippen LogP contribution in [0.25, 0.3) is 0 Å². The number of aliphatic imine (C=N–C) groups is 1. The summed E-state index contributed by atoms with van der Waals surface area (Å²) in [5, 5.41) is 9.08. The second-order valence-corrected chi connectivity index (χ2v) is 7.45. The molecule has 1 N–H and O–H groups in total. The van der Waals surface area contributed by atoms with Gasteiger partial charge in [-0.05, 0) is 37.1 Å². The van der Waals surface area contributed by atoms with E-state index in [-0.39, 0.29) is 18.4 Å². The van der Waals surface area contributed by atoms with E-state index in [1.807, 2.05) is 0 Å². The molecule has 7 heteroatoms. The molecule has 1 heterocycles. The van der Waals surface area contributed by atoms with Gasteiger partial charge in [0.1, 0.15) is 11.0 Å². The first kappa shape index (κ1) is 17.8. The number of benzene rings is 1. The largest absolute Gasteiger partial charge is 0.497 e. The molecule has 0 bridgehead atoms. The van der Waals surface area contributed by atoms with Gasteiger partial charge in [0.25, 0.3) is 0 Å². The molecule has 1 aromatic carbocycles. The van der Waals surface area contributed by atoms with Crippen LogP contribution < -0.4 is 9.64 Å². The van der Waals surface area contributed by atoms with Crippen LogP contribution in [0.15, 0.2) is 29.3 Å². The molecular formula is C18H22N2O4S. The number of methoxy groups -OCH3 is 1. The Labute approximate surface area is 151 Å². The lowest BCUT2D eigenvalue weighted by Crippen LogP contribution is -2.33. The number of carboxylic acid groups (broad SMARTS) is 1. The summed E-state index contributed by atoms with van der Waals surface area (Å²) in [5.74, 6) is -0.484. The minimum atomic E-state index is -0.973. The van der Waals surface area contributed by atoms with Crippen LogP contribution >= 0.6 is 11.8 Å². The molecule has 0 radical (unpaired) electrons. The van der Waals surface area contributed by atoms with E-state index in [9.17, 15) is 9.59 Å². The number of ether oxygens (including phenoxy) is 1. The van der Waals surface area contributed by atoms with Crippen molar-refractivity contribution in [2.24, 2.45) is 4.99 Å². The third-order valence-corrected chi connectivity index (χ3v) is 5.64. The van der Waals surface area contributed by atoms with E-state index in [4.69, 9.17) is 14.8 Å². The topological polar surface area (TPSA) is 79.2 Å². The van der Waals surface area contributed by atoms with Gasteiger partial charge in [0, 0.05) is 0 Å². The van der Waals surface area contributed by atoms with Crippen LogP contribution in [0.4, 0.5) is 5.69 Å². The summed E-state index contributed by atoms with van der Waals surface area (Å²) in [6.07, 6.45) is 5.40. The zero-order valence-corrected chi connectivity index (χ0v) is 15.0. The van der Waals surface area contributed by atoms with Crippen molar-refractivity contribution in [3.8, 4) is 5.75 Å². The third kappa shape index (κ3) is 4.15. The Balaban J connectivity index is 1.89. The second kappa shape index (κ2) is 7.91. The first-order valence-electron chi connectivity index (χ1n) is 8.53. The van der Waals surface area contributed by atoms with Gasteiger partial charge in [0.05, 0.1) is 25.3 Å². The highest BCUT2D eigenvalue weighted by Gasteiger charge is 2.40. The minimum Gasteiger partial charge on any atom is -0.497 e. The van der Waals surface area contributed by atoms with Crippen molar-refractivity contribution in [1.29, 1.82) is 0 Å². The standard InChI is InChI=1S/C18H22N2O4S/c1-24-14-9-7-13(8-10-14)20-17(23)15(11-16(21)22)25-18(20)19-12-5-3-2-4-6-12/h7-10,12,15H,2-6,11H2,1H3,(H,21,22)/t15-/m0/s1. The van der Waals surface area contributed by atoms with Gasteiger partial charge < -0.3 is 9.84 Å². The Kier molecular flexibility index (Phi) is 5.63. The van der Waals surface area contributed by atoms with Crippen molar-refractivity contribution in [2.45, 2.75) is 49.8 Å². The number of carbonyl (C=O) groups excluding carboxylic acids is 1. The molecule has 0 aromatic heterocycles. The summed E-state index contributed by atoms with van der Waals surface area (Å²) in [6.45, 7) is 0. The molecule has 134 valence electrons. The van der Waals surface area contributed by atoms with Crippen molar-refractivity contribution in [1.82, 2.24) is 0 Å². The summed E-state index contributed by atoms with van der Waals surface area (Å²) in [7, 11) is 1.59. The van der Waals surface area contributed by atoms with E-state index < -0.39 is 11.2 Å².